The molecule has 0 aliphatic carbocycles. The lowest BCUT2D eigenvalue weighted by atomic mass is 10.1. The van der Waals surface area contributed by atoms with Gasteiger partial charge in [-0.1, -0.05) is 12.1 Å². The molecular weight excluding hydrogens is 244 g/mol. The summed E-state index contributed by atoms with van der Waals surface area (Å²) in [6.07, 6.45) is 1.36. The quantitative estimate of drug-likeness (QED) is 0.703. The number of benzene rings is 1. The molecule has 1 amide bonds. The number of nitrogens with two attached hydrogens (primary N) is 1. The lowest BCUT2D eigenvalue weighted by molar-refractivity contribution is -0.117. The Hall–Kier alpha value is -1.59. The van der Waals surface area contributed by atoms with Gasteiger partial charge in [0.1, 0.15) is 5.75 Å². The third-order valence-corrected chi connectivity index (χ3v) is 2.65. The number of rotatable bonds is 8. The normalized spacial score (nSPS) is 11.9. The maximum atomic E-state index is 11.9. The number of amides is 1. The minimum atomic E-state index is -0.537. The maximum absolute atomic E-state index is 11.9. The SMILES string of the molecule is CCOc1ccccc1NC(=O)C(N)CCCOC. The Balaban J connectivity index is 2.55. The number of nitrogens with one attached hydrogen (secondary N) is 1. The Morgan fingerprint density at radius 1 is 1.42 bits per heavy atom. The first-order chi connectivity index (χ1) is 9.19. The summed E-state index contributed by atoms with van der Waals surface area (Å²) in [5.74, 6) is 0.450. The minimum Gasteiger partial charge on any atom is -0.492 e. The van der Waals surface area contributed by atoms with Crippen molar-refractivity contribution in [3.63, 3.8) is 0 Å². The van der Waals surface area contributed by atoms with Crippen LogP contribution >= 0.6 is 0 Å². The highest BCUT2D eigenvalue weighted by Gasteiger charge is 2.14. The third kappa shape index (κ3) is 5.28. The molecule has 0 aliphatic rings. The fraction of sp³-hybridized carbons (Fsp3) is 0.500. The molecule has 0 radical (unpaired) electrons. The summed E-state index contributed by atoms with van der Waals surface area (Å²) in [6, 6.07) is 6.78. The van der Waals surface area contributed by atoms with Gasteiger partial charge in [0.2, 0.25) is 5.91 Å². The van der Waals surface area contributed by atoms with E-state index in [-0.39, 0.29) is 5.91 Å². The lowest BCUT2D eigenvalue weighted by Gasteiger charge is -2.14. The van der Waals surface area contributed by atoms with Gasteiger partial charge in [-0.3, -0.25) is 4.79 Å². The second-order valence-electron chi connectivity index (χ2n) is 4.16. The van der Waals surface area contributed by atoms with Gasteiger partial charge in [-0.2, -0.15) is 0 Å². The summed E-state index contributed by atoms with van der Waals surface area (Å²) < 4.78 is 10.4. The number of hydrogen-bond acceptors (Lipinski definition) is 4. The Bertz CT molecular complexity index is 396. The van der Waals surface area contributed by atoms with Crippen LogP contribution in [0.3, 0.4) is 0 Å². The number of methoxy groups -OCH3 is 1. The van der Waals surface area contributed by atoms with E-state index in [2.05, 4.69) is 5.32 Å². The van der Waals surface area contributed by atoms with Crippen molar-refractivity contribution >= 4 is 11.6 Å². The summed E-state index contributed by atoms with van der Waals surface area (Å²) in [4.78, 5) is 11.9. The number of carbonyl (C=O) groups excluding carboxylic acids is 1. The van der Waals surface area contributed by atoms with Crippen molar-refractivity contribution in [3.8, 4) is 5.75 Å². The van der Waals surface area contributed by atoms with E-state index in [1.807, 2.05) is 25.1 Å². The smallest absolute Gasteiger partial charge is 0.241 e. The fourth-order valence-electron chi connectivity index (χ4n) is 1.66. The van der Waals surface area contributed by atoms with Crippen LogP contribution in [0, 0.1) is 0 Å². The Morgan fingerprint density at radius 2 is 2.16 bits per heavy atom. The van der Waals surface area contributed by atoms with Crippen molar-refractivity contribution in [2.75, 3.05) is 25.6 Å². The zero-order chi connectivity index (χ0) is 14.1. The second-order valence-corrected chi connectivity index (χ2v) is 4.16. The molecular formula is C14H22N2O3. The van der Waals surface area contributed by atoms with Crippen LogP contribution in [0.1, 0.15) is 19.8 Å². The number of para-hydroxylation sites is 2. The molecule has 0 heterocycles. The molecule has 0 saturated heterocycles. The van der Waals surface area contributed by atoms with Crippen molar-refractivity contribution in [3.05, 3.63) is 24.3 Å². The Labute approximate surface area is 114 Å². The molecule has 1 rings (SSSR count). The molecule has 1 aromatic rings. The molecule has 0 fully saturated rings. The van der Waals surface area contributed by atoms with E-state index in [1.165, 1.54) is 0 Å². The van der Waals surface area contributed by atoms with E-state index in [0.717, 1.165) is 6.42 Å². The average Bonchev–Trinajstić information content (AvgIpc) is 2.41. The standard InChI is InChI=1S/C14H22N2O3/c1-3-19-13-9-5-4-8-12(13)16-14(17)11(15)7-6-10-18-2/h4-5,8-9,11H,3,6-7,10,15H2,1-2H3,(H,16,17). The van der Waals surface area contributed by atoms with Crippen LogP contribution in [0.2, 0.25) is 0 Å². The van der Waals surface area contributed by atoms with Gasteiger partial charge < -0.3 is 20.5 Å². The molecule has 1 aromatic carbocycles. The van der Waals surface area contributed by atoms with Crippen molar-refractivity contribution in [1.82, 2.24) is 0 Å². The van der Waals surface area contributed by atoms with Gasteiger partial charge >= 0.3 is 0 Å². The maximum Gasteiger partial charge on any atom is 0.241 e. The lowest BCUT2D eigenvalue weighted by Crippen LogP contribution is -2.35. The van der Waals surface area contributed by atoms with Crippen LogP contribution < -0.4 is 15.8 Å². The van der Waals surface area contributed by atoms with Crippen LogP contribution in [0.5, 0.6) is 5.75 Å². The van der Waals surface area contributed by atoms with Crippen LogP contribution in [-0.2, 0) is 9.53 Å². The number of hydrogen-bond donors (Lipinski definition) is 2. The van der Waals surface area contributed by atoms with E-state index in [4.69, 9.17) is 15.2 Å². The first-order valence-electron chi connectivity index (χ1n) is 6.46. The predicted molar refractivity (Wildman–Crippen MR) is 75.3 cm³/mol. The number of carbonyl (C=O) groups is 1. The molecule has 5 heteroatoms. The molecule has 0 aliphatic heterocycles. The second kappa shape index (κ2) is 8.50. The van der Waals surface area contributed by atoms with Crippen molar-refractivity contribution in [2.45, 2.75) is 25.8 Å². The van der Waals surface area contributed by atoms with Crippen LogP contribution in [0.4, 0.5) is 5.69 Å². The predicted octanol–water partition coefficient (Wildman–Crippen LogP) is 1.78. The highest BCUT2D eigenvalue weighted by molar-refractivity contribution is 5.95. The number of ether oxygens (including phenoxy) is 2. The van der Waals surface area contributed by atoms with E-state index in [9.17, 15) is 4.79 Å². The number of anilines is 1. The fourth-order valence-corrected chi connectivity index (χ4v) is 1.66. The highest BCUT2D eigenvalue weighted by atomic mass is 16.5. The molecule has 5 nitrogen and oxygen atoms in total. The molecule has 1 atom stereocenters. The molecule has 0 spiro atoms. The molecule has 0 bridgehead atoms. The average molecular weight is 266 g/mol. The summed E-state index contributed by atoms with van der Waals surface area (Å²) in [5.41, 5.74) is 6.47. The van der Waals surface area contributed by atoms with Gasteiger partial charge in [0.15, 0.2) is 0 Å². The summed E-state index contributed by atoms with van der Waals surface area (Å²) in [7, 11) is 1.63. The monoisotopic (exact) mass is 266 g/mol. The largest absolute Gasteiger partial charge is 0.492 e. The van der Waals surface area contributed by atoms with Crippen molar-refractivity contribution in [1.29, 1.82) is 0 Å². The highest BCUT2D eigenvalue weighted by Crippen LogP contribution is 2.23. The molecule has 0 aromatic heterocycles. The van der Waals surface area contributed by atoms with Crippen molar-refractivity contribution in [2.24, 2.45) is 5.73 Å². The van der Waals surface area contributed by atoms with Crippen LogP contribution in [0.25, 0.3) is 0 Å². The van der Waals surface area contributed by atoms with Crippen LogP contribution in [-0.4, -0.2) is 32.3 Å². The Morgan fingerprint density at radius 3 is 2.84 bits per heavy atom. The zero-order valence-corrected chi connectivity index (χ0v) is 11.5. The van der Waals surface area contributed by atoms with Gasteiger partial charge in [0.25, 0.3) is 0 Å². The summed E-state index contributed by atoms with van der Waals surface area (Å²) in [6.45, 7) is 3.05. The zero-order valence-electron chi connectivity index (χ0n) is 11.5. The molecule has 3 N–H and O–H groups in total. The summed E-state index contributed by atoms with van der Waals surface area (Å²) >= 11 is 0. The molecule has 19 heavy (non-hydrogen) atoms. The van der Waals surface area contributed by atoms with Crippen LogP contribution in [0.15, 0.2) is 24.3 Å². The first-order valence-corrected chi connectivity index (χ1v) is 6.46. The van der Waals surface area contributed by atoms with Gasteiger partial charge in [-0.15, -0.1) is 0 Å². The first kappa shape index (κ1) is 15.5. The molecule has 1 unspecified atom stereocenters. The molecule has 0 saturated carbocycles. The topological polar surface area (TPSA) is 73.6 Å². The third-order valence-electron chi connectivity index (χ3n) is 2.65. The van der Waals surface area contributed by atoms with E-state index < -0.39 is 6.04 Å². The van der Waals surface area contributed by atoms with Gasteiger partial charge in [-0.25, -0.2) is 0 Å². The summed E-state index contributed by atoms with van der Waals surface area (Å²) in [5, 5.41) is 2.79. The van der Waals surface area contributed by atoms with E-state index in [0.29, 0.717) is 31.1 Å². The molecule has 106 valence electrons. The van der Waals surface area contributed by atoms with Gasteiger partial charge in [0.05, 0.1) is 18.3 Å². The minimum absolute atomic E-state index is 0.205. The van der Waals surface area contributed by atoms with Gasteiger partial charge in [-0.05, 0) is 31.9 Å². The van der Waals surface area contributed by atoms with Gasteiger partial charge in [0, 0.05) is 13.7 Å². The van der Waals surface area contributed by atoms with E-state index in [1.54, 1.807) is 13.2 Å². The Kier molecular flexibility index (Phi) is 6.92. The van der Waals surface area contributed by atoms with Crippen molar-refractivity contribution < 1.29 is 14.3 Å². The van der Waals surface area contributed by atoms with E-state index >= 15 is 0 Å².